The summed E-state index contributed by atoms with van der Waals surface area (Å²) in [5, 5.41) is 7.13. The molecule has 1 atom stereocenters. The second-order valence-corrected chi connectivity index (χ2v) is 3.31. The number of Topliss-reactive ketones (excluding diaryl/α,β-unsaturated/α-hetero) is 1. The zero-order chi connectivity index (χ0) is 10.4. The zero-order valence-electron chi connectivity index (χ0n) is 8.63. The van der Waals surface area contributed by atoms with Gasteiger partial charge >= 0.3 is 0 Å². The molecule has 0 amide bonds. The van der Waals surface area contributed by atoms with Crippen molar-refractivity contribution in [1.29, 1.82) is 5.41 Å². The number of hydrogen-bond acceptors (Lipinski definition) is 2. The lowest BCUT2D eigenvalue weighted by atomic mass is 9.98. The van der Waals surface area contributed by atoms with Gasteiger partial charge in [0.05, 0.1) is 0 Å². The van der Waals surface area contributed by atoms with Crippen molar-refractivity contribution in [2.75, 3.05) is 13.6 Å². The number of nitrogens with one attached hydrogen (secondary N) is 1. The Morgan fingerprint density at radius 1 is 1.62 bits per heavy atom. The number of carbonyl (C=O) groups is 1. The van der Waals surface area contributed by atoms with E-state index in [1.165, 1.54) is 0 Å². The van der Waals surface area contributed by atoms with E-state index in [0.717, 1.165) is 12.8 Å². The summed E-state index contributed by atoms with van der Waals surface area (Å²) in [7, 11) is 1.76. The predicted octanol–water partition coefficient (Wildman–Crippen LogP) is 0.817. The van der Waals surface area contributed by atoms with Crippen LogP contribution in [0.4, 0.5) is 0 Å². The predicted molar refractivity (Wildman–Crippen MR) is 53.6 cm³/mol. The van der Waals surface area contributed by atoms with Crippen LogP contribution in [0.1, 0.15) is 26.7 Å². The number of rotatable bonds is 5. The van der Waals surface area contributed by atoms with Crippen LogP contribution in [0.25, 0.3) is 0 Å². The molecule has 0 bridgehead atoms. The molecule has 4 heteroatoms. The van der Waals surface area contributed by atoms with Crippen LogP contribution in [-0.2, 0) is 4.79 Å². The van der Waals surface area contributed by atoms with Crippen LogP contribution in [0.2, 0.25) is 0 Å². The number of nitrogens with zero attached hydrogens (tertiary/aromatic N) is 1. The molecular weight excluding hydrogens is 166 g/mol. The molecule has 0 aromatic rings. The standard InChI is InChI=1S/C9H19N3O/c1-4-8(7(2)13)5-6-12(3)9(10)11/h8H,4-6H2,1-3H3,(H3,10,11). The Hall–Kier alpha value is -1.06. The largest absolute Gasteiger partial charge is 0.370 e. The molecule has 0 rings (SSSR count). The van der Waals surface area contributed by atoms with Crippen LogP contribution in [0.15, 0.2) is 0 Å². The van der Waals surface area contributed by atoms with Gasteiger partial charge < -0.3 is 10.6 Å². The molecule has 0 aliphatic carbocycles. The van der Waals surface area contributed by atoms with Gasteiger partial charge in [0.15, 0.2) is 5.96 Å². The van der Waals surface area contributed by atoms with Crippen molar-refractivity contribution in [2.45, 2.75) is 26.7 Å². The van der Waals surface area contributed by atoms with Crippen molar-refractivity contribution in [2.24, 2.45) is 11.7 Å². The third kappa shape index (κ3) is 4.50. The van der Waals surface area contributed by atoms with Gasteiger partial charge in [-0.3, -0.25) is 10.2 Å². The van der Waals surface area contributed by atoms with Crippen molar-refractivity contribution in [3.05, 3.63) is 0 Å². The average Bonchev–Trinajstić information content (AvgIpc) is 2.04. The van der Waals surface area contributed by atoms with E-state index < -0.39 is 0 Å². The second kappa shape index (κ2) is 5.56. The molecule has 0 radical (unpaired) electrons. The summed E-state index contributed by atoms with van der Waals surface area (Å²) in [5.41, 5.74) is 5.26. The van der Waals surface area contributed by atoms with Gasteiger partial charge in [-0.05, 0) is 19.8 Å². The Balaban J connectivity index is 3.85. The van der Waals surface area contributed by atoms with Gasteiger partial charge in [0, 0.05) is 19.5 Å². The smallest absolute Gasteiger partial charge is 0.188 e. The SMILES string of the molecule is CCC(CCN(C)C(=N)N)C(C)=O. The minimum Gasteiger partial charge on any atom is -0.370 e. The van der Waals surface area contributed by atoms with E-state index in [1.807, 2.05) is 6.92 Å². The first-order valence-electron chi connectivity index (χ1n) is 4.54. The third-order valence-corrected chi connectivity index (χ3v) is 2.29. The number of nitrogens with two attached hydrogens (primary N) is 1. The van der Waals surface area contributed by atoms with Crippen molar-refractivity contribution in [3.63, 3.8) is 0 Å². The first-order chi connectivity index (χ1) is 5.99. The van der Waals surface area contributed by atoms with E-state index in [0.29, 0.717) is 6.54 Å². The molecular formula is C9H19N3O. The molecule has 0 aliphatic rings. The maximum absolute atomic E-state index is 11.1. The van der Waals surface area contributed by atoms with Gasteiger partial charge in [-0.2, -0.15) is 0 Å². The summed E-state index contributed by atoms with van der Waals surface area (Å²) in [6, 6.07) is 0. The van der Waals surface area contributed by atoms with Crippen LogP contribution in [0.5, 0.6) is 0 Å². The Bertz CT molecular complexity index is 191. The molecule has 0 fully saturated rings. The molecule has 76 valence electrons. The minimum atomic E-state index is 0.0541. The monoisotopic (exact) mass is 185 g/mol. The van der Waals surface area contributed by atoms with E-state index in [4.69, 9.17) is 11.1 Å². The quantitative estimate of drug-likeness (QED) is 0.492. The molecule has 0 heterocycles. The lowest BCUT2D eigenvalue weighted by Gasteiger charge is -2.19. The number of guanidine groups is 1. The number of carbonyl (C=O) groups excluding carboxylic acids is 1. The highest BCUT2D eigenvalue weighted by Gasteiger charge is 2.12. The second-order valence-electron chi connectivity index (χ2n) is 3.31. The molecule has 0 saturated carbocycles. The zero-order valence-corrected chi connectivity index (χ0v) is 8.63. The maximum Gasteiger partial charge on any atom is 0.188 e. The highest BCUT2D eigenvalue weighted by Crippen LogP contribution is 2.09. The average molecular weight is 185 g/mol. The van der Waals surface area contributed by atoms with Crippen LogP contribution in [0, 0.1) is 11.3 Å². The molecule has 0 saturated heterocycles. The van der Waals surface area contributed by atoms with E-state index in [-0.39, 0.29) is 17.7 Å². The Morgan fingerprint density at radius 3 is 2.46 bits per heavy atom. The third-order valence-electron chi connectivity index (χ3n) is 2.29. The van der Waals surface area contributed by atoms with Gasteiger partial charge in [-0.15, -0.1) is 0 Å². The number of hydrogen-bond donors (Lipinski definition) is 2. The Morgan fingerprint density at radius 2 is 2.15 bits per heavy atom. The topological polar surface area (TPSA) is 70.2 Å². The Kier molecular flexibility index (Phi) is 5.11. The van der Waals surface area contributed by atoms with Gasteiger partial charge in [0.25, 0.3) is 0 Å². The Labute approximate surface area is 79.6 Å². The van der Waals surface area contributed by atoms with Gasteiger partial charge in [0.1, 0.15) is 5.78 Å². The van der Waals surface area contributed by atoms with Crippen molar-refractivity contribution in [1.82, 2.24) is 4.90 Å². The molecule has 3 N–H and O–H groups in total. The molecule has 0 aromatic heterocycles. The minimum absolute atomic E-state index is 0.0541. The maximum atomic E-state index is 11.1. The molecule has 4 nitrogen and oxygen atoms in total. The van der Waals surface area contributed by atoms with Crippen LogP contribution in [0.3, 0.4) is 0 Å². The normalized spacial score (nSPS) is 12.2. The lowest BCUT2D eigenvalue weighted by Crippen LogP contribution is -2.34. The fourth-order valence-corrected chi connectivity index (χ4v) is 1.16. The van der Waals surface area contributed by atoms with E-state index in [9.17, 15) is 4.79 Å². The van der Waals surface area contributed by atoms with Gasteiger partial charge in [-0.25, -0.2) is 0 Å². The summed E-state index contributed by atoms with van der Waals surface area (Å²) in [6.45, 7) is 4.29. The molecule has 0 aliphatic heterocycles. The van der Waals surface area contributed by atoms with Gasteiger partial charge in [0.2, 0.25) is 0 Å². The van der Waals surface area contributed by atoms with Crippen molar-refractivity contribution in [3.8, 4) is 0 Å². The van der Waals surface area contributed by atoms with Crippen molar-refractivity contribution < 1.29 is 4.79 Å². The van der Waals surface area contributed by atoms with E-state index in [1.54, 1.807) is 18.9 Å². The van der Waals surface area contributed by atoms with Crippen LogP contribution >= 0.6 is 0 Å². The summed E-state index contributed by atoms with van der Waals surface area (Å²) in [5.74, 6) is 0.389. The highest BCUT2D eigenvalue weighted by atomic mass is 16.1. The number of ketones is 1. The first-order valence-corrected chi connectivity index (χ1v) is 4.54. The fraction of sp³-hybridized carbons (Fsp3) is 0.778. The van der Waals surface area contributed by atoms with E-state index >= 15 is 0 Å². The summed E-state index contributed by atoms with van der Waals surface area (Å²) >= 11 is 0. The van der Waals surface area contributed by atoms with E-state index in [2.05, 4.69) is 0 Å². The van der Waals surface area contributed by atoms with Gasteiger partial charge in [-0.1, -0.05) is 6.92 Å². The fourth-order valence-electron chi connectivity index (χ4n) is 1.16. The molecule has 13 heavy (non-hydrogen) atoms. The molecule has 1 unspecified atom stereocenters. The highest BCUT2D eigenvalue weighted by molar-refractivity contribution is 5.78. The summed E-state index contributed by atoms with van der Waals surface area (Å²) in [4.78, 5) is 12.7. The first kappa shape index (κ1) is 11.9. The summed E-state index contributed by atoms with van der Waals surface area (Å²) in [6.07, 6.45) is 1.64. The van der Waals surface area contributed by atoms with Crippen LogP contribution in [-0.4, -0.2) is 30.2 Å². The summed E-state index contributed by atoms with van der Waals surface area (Å²) < 4.78 is 0. The van der Waals surface area contributed by atoms with Crippen LogP contribution < -0.4 is 5.73 Å². The van der Waals surface area contributed by atoms with Crippen molar-refractivity contribution >= 4 is 11.7 Å². The molecule has 0 aromatic carbocycles. The lowest BCUT2D eigenvalue weighted by molar-refractivity contribution is -0.121. The molecule has 0 spiro atoms.